The molecule has 0 saturated carbocycles. The van der Waals surface area contributed by atoms with Gasteiger partial charge in [-0.2, -0.15) is 9.97 Å². The quantitative estimate of drug-likeness (QED) is 0.105. The van der Waals surface area contributed by atoms with Crippen molar-refractivity contribution in [1.82, 2.24) is 20.3 Å². The minimum Gasteiger partial charge on any atom is -0.543 e. The first-order valence-electron chi connectivity index (χ1n) is 26.1. The molecule has 0 unspecified atom stereocenters. The summed E-state index contributed by atoms with van der Waals surface area (Å²) in [5, 5.41) is 9.09. The van der Waals surface area contributed by atoms with Crippen LogP contribution in [-0.2, 0) is 4.74 Å². The van der Waals surface area contributed by atoms with Crippen molar-refractivity contribution in [3.05, 3.63) is 53.8 Å². The molecule has 0 aliphatic carbocycles. The smallest absolute Gasteiger partial charge is 0.429 e. The number of hydrazine groups is 1. The molecule has 0 radical (unpaired) electrons. The minimum absolute atomic E-state index is 0.0155. The highest BCUT2D eigenvalue weighted by atomic mass is 28.4. The number of ether oxygens (including phenoxy) is 2. The van der Waals surface area contributed by atoms with Gasteiger partial charge in [-0.1, -0.05) is 101 Å². The lowest BCUT2D eigenvalue weighted by Crippen LogP contribution is -2.50. The van der Waals surface area contributed by atoms with Crippen LogP contribution in [0.5, 0.6) is 11.8 Å². The fourth-order valence-electron chi connectivity index (χ4n) is 11.9. The van der Waals surface area contributed by atoms with Crippen molar-refractivity contribution in [2.75, 3.05) is 37.8 Å². The van der Waals surface area contributed by atoms with Crippen LogP contribution in [0.15, 0.2) is 42.5 Å². The summed E-state index contributed by atoms with van der Waals surface area (Å²) in [4.78, 5) is 24.2. The van der Waals surface area contributed by atoms with E-state index in [0.717, 1.165) is 71.7 Å². The maximum Gasteiger partial charge on any atom is 0.429 e. The zero-order valence-corrected chi connectivity index (χ0v) is 46.6. The molecule has 2 fully saturated rings. The Balaban J connectivity index is 1.63. The molecular weight excluding hydrogens is 901 g/mol. The van der Waals surface area contributed by atoms with Crippen LogP contribution < -0.4 is 19.5 Å². The zero-order chi connectivity index (χ0) is 50.6. The van der Waals surface area contributed by atoms with Crippen molar-refractivity contribution in [3.8, 4) is 34.4 Å². The molecule has 6 rings (SSSR count). The number of rotatable bonds is 13. The van der Waals surface area contributed by atoms with E-state index in [4.69, 9.17) is 23.9 Å². The van der Waals surface area contributed by atoms with Gasteiger partial charge in [0.25, 0.3) is 8.32 Å². The highest BCUT2D eigenvalue weighted by molar-refractivity contribution is 6.90. The fourth-order valence-corrected chi connectivity index (χ4v) is 22.3. The van der Waals surface area contributed by atoms with Crippen LogP contribution in [0.4, 0.5) is 19.4 Å². The average Bonchev–Trinajstić information content (AvgIpc) is 3.51. The van der Waals surface area contributed by atoms with Gasteiger partial charge < -0.3 is 19.2 Å². The second-order valence-corrected chi connectivity index (χ2v) is 33.7. The summed E-state index contributed by atoms with van der Waals surface area (Å²) in [7, 11) is -4.71. The molecule has 0 bridgehead atoms. The summed E-state index contributed by atoms with van der Waals surface area (Å²) in [6.45, 7) is 35.3. The van der Waals surface area contributed by atoms with Gasteiger partial charge in [-0.15, -0.1) is 5.54 Å². The fraction of sp³-hybridized carbons (Fsp3) is 0.625. The molecule has 2 atom stereocenters. The summed E-state index contributed by atoms with van der Waals surface area (Å²) in [6, 6.07) is 13.8. The number of carbonyl (C=O) groups excluding carboxylic acids is 1. The van der Waals surface area contributed by atoms with Crippen LogP contribution in [0.2, 0.25) is 33.2 Å². The van der Waals surface area contributed by atoms with E-state index in [1.165, 1.54) is 0 Å². The van der Waals surface area contributed by atoms with Crippen LogP contribution in [-0.4, -0.2) is 82.0 Å². The Kier molecular flexibility index (Phi) is 17.6. The normalized spacial score (nSPS) is 18.0. The zero-order valence-electron chi connectivity index (χ0n) is 44.6. The molecule has 9 nitrogen and oxygen atoms in total. The number of benzene rings is 3. The molecule has 1 N–H and O–H groups in total. The lowest BCUT2D eigenvalue weighted by Gasteiger charge is -2.42. The van der Waals surface area contributed by atoms with Gasteiger partial charge >= 0.3 is 12.1 Å². The number of amides is 1. The number of nitrogens with zero attached hydrogens (tertiary/aromatic N) is 4. The minimum atomic E-state index is -2.44. The van der Waals surface area contributed by atoms with E-state index in [0.29, 0.717) is 76.2 Å². The van der Waals surface area contributed by atoms with Gasteiger partial charge in [0.2, 0.25) is 0 Å². The summed E-state index contributed by atoms with van der Waals surface area (Å²) >= 11 is 0. The number of alkyl halides is 1. The molecule has 378 valence electrons. The van der Waals surface area contributed by atoms with Crippen molar-refractivity contribution in [2.45, 2.75) is 187 Å². The Morgan fingerprint density at radius 3 is 2.14 bits per heavy atom. The van der Waals surface area contributed by atoms with Crippen molar-refractivity contribution in [2.24, 2.45) is 5.92 Å². The molecule has 2 aliphatic rings. The number of hydrogen-bond donors (Lipinski definition) is 1. The number of hydrogen-bond acceptors (Lipinski definition) is 8. The molecule has 0 spiro atoms. The van der Waals surface area contributed by atoms with Gasteiger partial charge in [-0.3, -0.25) is 5.01 Å². The Hall–Kier alpha value is -4.26. The lowest BCUT2D eigenvalue weighted by molar-refractivity contribution is 0.0232. The van der Waals surface area contributed by atoms with Crippen molar-refractivity contribution in [3.63, 3.8) is 0 Å². The maximum absolute atomic E-state index is 16.8. The highest BCUT2D eigenvalue weighted by Crippen LogP contribution is 2.46. The number of halogens is 2. The molecule has 69 heavy (non-hydrogen) atoms. The molecule has 1 amide bonds. The molecular formula is C56H83F2N5O4Si2. The van der Waals surface area contributed by atoms with Gasteiger partial charge in [0.15, 0.2) is 5.82 Å². The predicted molar refractivity (Wildman–Crippen MR) is 287 cm³/mol. The second-order valence-electron chi connectivity index (χ2n) is 22.8. The number of carbonyl (C=O) groups is 1. The summed E-state index contributed by atoms with van der Waals surface area (Å²) in [6.07, 6.45) is 3.27. The van der Waals surface area contributed by atoms with Gasteiger partial charge in [0.1, 0.15) is 31.4 Å². The van der Waals surface area contributed by atoms with E-state index in [1.807, 2.05) is 50.0 Å². The van der Waals surface area contributed by atoms with Crippen LogP contribution >= 0.6 is 0 Å². The third kappa shape index (κ3) is 11.9. The maximum atomic E-state index is 16.8. The van der Waals surface area contributed by atoms with Crippen molar-refractivity contribution < 1.29 is 27.5 Å². The number of fused-ring (bicyclic) bond motifs is 2. The van der Waals surface area contributed by atoms with E-state index < -0.39 is 34.3 Å². The Morgan fingerprint density at radius 2 is 1.51 bits per heavy atom. The summed E-state index contributed by atoms with van der Waals surface area (Å²) in [5.74, 6) is 4.45. The van der Waals surface area contributed by atoms with Gasteiger partial charge in [-0.05, 0) is 152 Å². The Bertz CT molecular complexity index is 2430. The number of aromatic nitrogens is 2. The molecule has 2 saturated heterocycles. The SMILES string of the molecule is CC(C)[Si](C#Cc1c(F)ccc2cc(O[Si](C(C)C)(C(C)C)C(C)C)cc(-c3ccc4c(N5CCCCCN5C(=O)OC(C)(C)C)nc(OC[C@@H]5CCCNC[C@H](F)C5)nc4c3)c12)(C(C)C)C(C)C. The Morgan fingerprint density at radius 1 is 0.841 bits per heavy atom. The monoisotopic (exact) mass is 984 g/mol. The van der Waals surface area contributed by atoms with Crippen LogP contribution in [0, 0.1) is 23.2 Å². The highest BCUT2D eigenvalue weighted by Gasteiger charge is 2.47. The third-order valence-corrected chi connectivity index (χ3v) is 27.3. The van der Waals surface area contributed by atoms with Crippen LogP contribution in [0.3, 0.4) is 0 Å². The second kappa shape index (κ2) is 22.4. The Labute approximate surface area is 415 Å². The van der Waals surface area contributed by atoms with Gasteiger partial charge in [-0.25, -0.2) is 18.6 Å². The number of nitrogens with one attached hydrogen (secondary N) is 1. The predicted octanol–water partition coefficient (Wildman–Crippen LogP) is 15.0. The van der Waals surface area contributed by atoms with E-state index in [-0.39, 0.29) is 24.4 Å². The van der Waals surface area contributed by atoms with Crippen LogP contribution in [0.25, 0.3) is 32.8 Å². The van der Waals surface area contributed by atoms with Crippen molar-refractivity contribution >= 4 is 50.0 Å². The van der Waals surface area contributed by atoms with Crippen molar-refractivity contribution in [1.29, 1.82) is 0 Å². The topological polar surface area (TPSA) is 89.1 Å². The first kappa shape index (κ1) is 54.1. The van der Waals surface area contributed by atoms with E-state index in [1.54, 1.807) is 11.1 Å². The molecule has 3 heterocycles. The standard InChI is InChI=1S/C56H83F2N5O4Si2/c1-36(2)68(37(3)4,38(5)6)29-25-47-50(58)24-22-44-31-46(67-69(39(7)8,40(9)10)41(11)12)33-49(52(44)47)43-21-23-48-51(32-43)60-54(65-35-42-20-19-26-59-34-45(57)30-42)61-53(48)62-27-17-16-18-28-63(62)55(64)66-56(13,14)15/h21-24,31-33,36-42,45,59H,16-20,26-28,30,34-35H2,1-15H3/t42-,45-/m1/s1. The van der Waals surface area contributed by atoms with E-state index in [9.17, 15) is 9.18 Å². The number of anilines is 1. The third-order valence-electron chi connectivity index (χ3n) is 15.0. The average molecular weight is 984 g/mol. The molecule has 13 heteroatoms. The molecule has 4 aromatic rings. The first-order valence-corrected chi connectivity index (χ1v) is 30.4. The largest absolute Gasteiger partial charge is 0.543 e. The van der Waals surface area contributed by atoms with Gasteiger partial charge in [0, 0.05) is 30.4 Å². The summed E-state index contributed by atoms with van der Waals surface area (Å²) in [5.41, 5.74) is 7.80. The summed E-state index contributed by atoms with van der Waals surface area (Å²) < 4.78 is 51.6. The van der Waals surface area contributed by atoms with E-state index >= 15 is 4.39 Å². The first-order chi connectivity index (χ1) is 32.5. The van der Waals surface area contributed by atoms with E-state index in [2.05, 4.69) is 112 Å². The van der Waals surface area contributed by atoms with Gasteiger partial charge in [0.05, 0.1) is 17.7 Å². The molecule has 3 aromatic carbocycles. The van der Waals surface area contributed by atoms with Crippen LogP contribution in [0.1, 0.15) is 148 Å². The molecule has 1 aromatic heterocycles. The lowest BCUT2D eigenvalue weighted by atomic mass is 9.93. The molecule has 2 aliphatic heterocycles.